The van der Waals surface area contributed by atoms with E-state index in [1.165, 1.54) is 6.08 Å². The van der Waals surface area contributed by atoms with Gasteiger partial charge in [0.2, 0.25) is 6.79 Å². The quantitative estimate of drug-likeness (QED) is 0.442. The molecule has 0 bridgehead atoms. The molecule has 0 N–H and O–H groups in total. The Balaban J connectivity index is 2.16. The molecule has 1 heterocycles. The van der Waals surface area contributed by atoms with Crippen LogP contribution >= 0.6 is 0 Å². The molecule has 0 aromatic heterocycles. The number of rotatable bonds is 3. The van der Waals surface area contributed by atoms with Gasteiger partial charge in [0.05, 0.1) is 0 Å². The molecule has 0 amide bonds. The molecule has 16 heavy (non-hydrogen) atoms. The van der Waals surface area contributed by atoms with Gasteiger partial charge in [-0.05, 0) is 36.3 Å². The number of allylic oxidation sites excluding steroid dienone is 3. The minimum atomic E-state index is 0.284. The van der Waals surface area contributed by atoms with Gasteiger partial charge in [0.25, 0.3) is 0 Å². The van der Waals surface area contributed by atoms with Gasteiger partial charge in [0.15, 0.2) is 11.5 Å². The van der Waals surface area contributed by atoms with Crippen molar-refractivity contribution in [1.82, 2.24) is 0 Å². The van der Waals surface area contributed by atoms with Crippen LogP contribution in [0.15, 0.2) is 35.9 Å². The third-order valence-corrected chi connectivity index (χ3v) is 2.27. The van der Waals surface area contributed by atoms with Crippen molar-refractivity contribution in [3.05, 3.63) is 41.5 Å². The Morgan fingerprint density at radius 1 is 1.31 bits per heavy atom. The molecule has 0 aliphatic carbocycles. The lowest BCUT2D eigenvalue weighted by Gasteiger charge is -1.97. The summed E-state index contributed by atoms with van der Waals surface area (Å²) in [6, 6.07) is 5.73. The predicted molar refractivity (Wildman–Crippen MR) is 61.4 cm³/mol. The van der Waals surface area contributed by atoms with Crippen molar-refractivity contribution >= 4 is 12.4 Å². The van der Waals surface area contributed by atoms with Crippen LogP contribution in [-0.4, -0.2) is 13.1 Å². The summed E-state index contributed by atoms with van der Waals surface area (Å²) in [6.07, 6.45) is 6.10. The van der Waals surface area contributed by atoms with Crippen LogP contribution in [0.2, 0.25) is 0 Å². The summed E-state index contributed by atoms with van der Waals surface area (Å²) in [5.74, 6) is 1.54. The average molecular weight is 216 g/mol. The Kier molecular flexibility index (Phi) is 3.05. The maximum absolute atomic E-state index is 10.2. The highest BCUT2D eigenvalue weighted by Gasteiger charge is 2.11. The summed E-state index contributed by atoms with van der Waals surface area (Å²) in [4.78, 5) is 10.2. The zero-order valence-corrected chi connectivity index (χ0v) is 8.97. The molecule has 0 unspecified atom stereocenters. The topological polar surface area (TPSA) is 35.5 Å². The minimum Gasteiger partial charge on any atom is -0.454 e. The molecule has 0 atom stereocenters. The third kappa shape index (κ3) is 2.31. The summed E-state index contributed by atoms with van der Waals surface area (Å²) in [7, 11) is 0. The second-order valence-corrected chi connectivity index (χ2v) is 3.49. The van der Waals surface area contributed by atoms with Gasteiger partial charge in [0.1, 0.15) is 6.29 Å². The lowest BCUT2D eigenvalue weighted by Crippen LogP contribution is -1.92. The molecule has 1 aliphatic rings. The third-order valence-electron chi connectivity index (χ3n) is 2.27. The number of aldehydes is 1. The molecule has 0 spiro atoms. The number of benzene rings is 1. The Hall–Kier alpha value is -2.03. The SMILES string of the molecule is CC(C=Cc1ccc2c(c1)OCO2)=CC=O. The van der Waals surface area contributed by atoms with Crippen molar-refractivity contribution in [2.75, 3.05) is 6.79 Å². The largest absolute Gasteiger partial charge is 0.454 e. The standard InChI is InChI=1S/C13H12O3/c1-10(6-7-14)2-3-11-4-5-12-13(8-11)16-9-15-12/h2-8H,9H2,1H3. The zero-order valence-electron chi connectivity index (χ0n) is 8.97. The number of carbonyl (C=O) groups excluding carboxylic acids is 1. The summed E-state index contributed by atoms with van der Waals surface area (Å²) in [5.41, 5.74) is 1.93. The summed E-state index contributed by atoms with van der Waals surface area (Å²) >= 11 is 0. The molecule has 82 valence electrons. The van der Waals surface area contributed by atoms with Crippen LogP contribution in [0.3, 0.4) is 0 Å². The fourth-order valence-electron chi connectivity index (χ4n) is 1.41. The minimum absolute atomic E-state index is 0.284. The van der Waals surface area contributed by atoms with Crippen molar-refractivity contribution in [1.29, 1.82) is 0 Å². The molecule has 2 rings (SSSR count). The zero-order chi connectivity index (χ0) is 11.4. The van der Waals surface area contributed by atoms with Crippen LogP contribution in [0.1, 0.15) is 12.5 Å². The molecular formula is C13H12O3. The van der Waals surface area contributed by atoms with Crippen LogP contribution < -0.4 is 9.47 Å². The first-order valence-corrected chi connectivity index (χ1v) is 4.99. The van der Waals surface area contributed by atoms with E-state index in [9.17, 15) is 4.79 Å². The summed E-state index contributed by atoms with van der Waals surface area (Å²) < 4.78 is 10.5. The van der Waals surface area contributed by atoms with Gasteiger partial charge in [-0.3, -0.25) is 4.79 Å². The van der Waals surface area contributed by atoms with E-state index in [-0.39, 0.29) is 6.79 Å². The molecule has 0 saturated carbocycles. The molecule has 1 aromatic rings. The molecule has 0 fully saturated rings. The van der Waals surface area contributed by atoms with Gasteiger partial charge < -0.3 is 9.47 Å². The highest BCUT2D eigenvalue weighted by Crippen LogP contribution is 2.32. The van der Waals surface area contributed by atoms with E-state index in [1.54, 1.807) is 0 Å². The Bertz CT molecular complexity index is 458. The van der Waals surface area contributed by atoms with Gasteiger partial charge in [-0.1, -0.05) is 18.2 Å². The second-order valence-electron chi connectivity index (χ2n) is 3.49. The van der Waals surface area contributed by atoms with Crippen molar-refractivity contribution in [2.45, 2.75) is 6.92 Å². The van der Waals surface area contributed by atoms with E-state index in [0.29, 0.717) is 0 Å². The van der Waals surface area contributed by atoms with Gasteiger partial charge in [-0.25, -0.2) is 0 Å². The van der Waals surface area contributed by atoms with Crippen molar-refractivity contribution in [2.24, 2.45) is 0 Å². The Labute approximate surface area is 94.0 Å². The number of carbonyl (C=O) groups is 1. The molecule has 3 heteroatoms. The molecule has 1 aliphatic heterocycles. The first-order valence-electron chi connectivity index (χ1n) is 4.99. The van der Waals surface area contributed by atoms with Crippen molar-refractivity contribution in [3.8, 4) is 11.5 Å². The van der Waals surface area contributed by atoms with E-state index < -0.39 is 0 Å². The van der Waals surface area contributed by atoms with E-state index in [2.05, 4.69) is 0 Å². The van der Waals surface area contributed by atoms with E-state index >= 15 is 0 Å². The van der Waals surface area contributed by atoms with Crippen LogP contribution in [0.4, 0.5) is 0 Å². The predicted octanol–water partition coefficient (Wildman–Crippen LogP) is 2.57. The maximum Gasteiger partial charge on any atom is 0.231 e. The van der Waals surface area contributed by atoms with Crippen LogP contribution in [-0.2, 0) is 4.79 Å². The molecular weight excluding hydrogens is 204 g/mol. The van der Waals surface area contributed by atoms with Crippen molar-refractivity contribution in [3.63, 3.8) is 0 Å². The van der Waals surface area contributed by atoms with E-state index in [0.717, 1.165) is 28.9 Å². The van der Waals surface area contributed by atoms with Gasteiger partial charge in [-0.15, -0.1) is 0 Å². The highest BCUT2D eigenvalue weighted by atomic mass is 16.7. The molecule has 3 nitrogen and oxygen atoms in total. The molecule has 0 radical (unpaired) electrons. The van der Waals surface area contributed by atoms with Gasteiger partial charge in [-0.2, -0.15) is 0 Å². The average Bonchev–Trinajstić information content (AvgIpc) is 2.74. The molecule has 1 aromatic carbocycles. The highest BCUT2D eigenvalue weighted by molar-refractivity contribution is 5.68. The van der Waals surface area contributed by atoms with E-state index in [4.69, 9.17) is 9.47 Å². The maximum atomic E-state index is 10.2. The summed E-state index contributed by atoms with van der Waals surface area (Å²) in [6.45, 7) is 2.16. The number of ether oxygens (including phenoxy) is 2. The lowest BCUT2D eigenvalue weighted by molar-refractivity contribution is -0.104. The van der Waals surface area contributed by atoms with Crippen molar-refractivity contribution < 1.29 is 14.3 Å². The van der Waals surface area contributed by atoms with E-state index in [1.807, 2.05) is 37.3 Å². The fraction of sp³-hybridized carbons (Fsp3) is 0.154. The van der Waals surface area contributed by atoms with Gasteiger partial charge in [0, 0.05) is 0 Å². The smallest absolute Gasteiger partial charge is 0.231 e. The van der Waals surface area contributed by atoms with Gasteiger partial charge >= 0.3 is 0 Å². The monoisotopic (exact) mass is 216 g/mol. The Morgan fingerprint density at radius 3 is 2.94 bits per heavy atom. The summed E-state index contributed by atoms with van der Waals surface area (Å²) in [5, 5.41) is 0. The first kappa shape index (κ1) is 10.5. The normalized spacial score (nSPS) is 14.4. The van der Waals surface area contributed by atoms with Crippen LogP contribution in [0, 0.1) is 0 Å². The van der Waals surface area contributed by atoms with Crippen LogP contribution in [0.5, 0.6) is 11.5 Å². The van der Waals surface area contributed by atoms with Crippen LogP contribution in [0.25, 0.3) is 6.08 Å². The fourth-order valence-corrected chi connectivity index (χ4v) is 1.41. The Morgan fingerprint density at radius 2 is 2.12 bits per heavy atom. The lowest BCUT2D eigenvalue weighted by atomic mass is 10.1. The molecule has 0 saturated heterocycles. The second kappa shape index (κ2) is 4.66. The number of fused-ring (bicyclic) bond motifs is 1. The first-order chi connectivity index (χ1) is 7.79. The number of hydrogen-bond donors (Lipinski definition) is 0. The number of hydrogen-bond acceptors (Lipinski definition) is 3.